The van der Waals surface area contributed by atoms with E-state index in [0.717, 1.165) is 31.7 Å². The number of amides is 1. The van der Waals surface area contributed by atoms with Crippen LogP contribution in [0.3, 0.4) is 0 Å². The van der Waals surface area contributed by atoms with Crippen molar-refractivity contribution < 1.29 is 4.79 Å². The number of hydrogen-bond acceptors (Lipinski definition) is 3. The number of hydrogen-bond donors (Lipinski definition) is 1. The summed E-state index contributed by atoms with van der Waals surface area (Å²) in [5.41, 5.74) is 1.61. The molecule has 98 valence electrons. The first kappa shape index (κ1) is 12.3. The van der Waals surface area contributed by atoms with Crippen LogP contribution >= 0.6 is 11.6 Å². The van der Waals surface area contributed by atoms with Gasteiger partial charge in [-0.1, -0.05) is 11.6 Å². The lowest BCUT2D eigenvalue weighted by Crippen LogP contribution is -2.29. The molecule has 0 aliphatic carbocycles. The molecule has 0 bridgehead atoms. The van der Waals surface area contributed by atoms with Crippen LogP contribution in [0.5, 0.6) is 0 Å². The van der Waals surface area contributed by atoms with Crippen molar-refractivity contribution in [3.8, 4) is 6.07 Å². The van der Waals surface area contributed by atoms with Gasteiger partial charge in [0.05, 0.1) is 10.6 Å². The predicted octanol–water partition coefficient (Wildman–Crippen LogP) is 1.93. The molecule has 0 saturated carbocycles. The Bertz CT molecular complexity index is 581. The molecule has 5 heteroatoms. The minimum Gasteiger partial charge on any atom is -0.371 e. The molecule has 2 aliphatic rings. The Kier molecular flexibility index (Phi) is 2.87. The Morgan fingerprint density at radius 3 is 2.95 bits per heavy atom. The second kappa shape index (κ2) is 4.43. The second-order valence-corrected chi connectivity index (χ2v) is 5.81. The molecule has 2 heterocycles. The van der Waals surface area contributed by atoms with Gasteiger partial charge in [0.1, 0.15) is 6.07 Å². The molecule has 1 spiro atoms. The van der Waals surface area contributed by atoms with Crippen molar-refractivity contribution in [2.45, 2.75) is 12.8 Å². The molecule has 1 atom stereocenters. The lowest BCUT2D eigenvalue weighted by atomic mass is 9.86. The van der Waals surface area contributed by atoms with Gasteiger partial charge in [-0.2, -0.15) is 5.26 Å². The minimum atomic E-state index is 0.0808. The van der Waals surface area contributed by atoms with E-state index in [9.17, 15) is 4.79 Å². The maximum Gasteiger partial charge on any atom is 0.220 e. The highest BCUT2D eigenvalue weighted by Crippen LogP contribution is 2.39. The highest BCUT2D eigenvalue weighted by atomic mass is 35.5. The summed E-state index contributed by atoms with van der Waals surface area (Å²) in [6.07, 6.45) is 1.64. The maximum atomic E-state index is 11.4. The lowest BCUT2D eigenvalue weighted by molar-refractivity contribution is -0.119. The number of carbonyl (C=O) groups is 1. The number of nitrogens with zero attached hydrogens (tertiary/aromatic N) is 2. The van der Waals surface area contributed by atoms with Gasteiger partial charge in [0.2, 0.25) is 5.91 Å². The van der Waals surface area contributed by atoms with Crippen LogP contribution in [0.2, 0.25) is 5.02 Å². The third kappa shape index (κ3) is 2.15. The summed E-state index contributed by atoms with van der Waals surface area (Å²) in [5.74, 6) is 0.153. The fourth-order valence-corrected chi connectivity index (χ4v) is 3.20. The monoisotopic (exact) mass is 275 g/mol. The van der Waals surface area contributed by atoms with Crippen molar-refractivity contribution in [1.29, 1.82) is 5.26 Å². The fraction of sp³-hybridized carbons (Fsp3) is 0.429. The molecule has 1 amide bonds. The van der Waals surface area contributed by atoms with Crippen molar-refractivity contribution in [2.75, 3.05) is 24.5 Å². The molecule has 1 N–H and O–H groups in total. The quantitative estimate of drug-likeness (QED) is 0.852. The van der Waals surface area contributed by atoms with E-state index in [1.54, 1.807) is 6.07 Å². The number of carbonyl (C=O) groups excluding carboxylic acids is 1. The van der Waals surface area contributed by atoms with Gasteiger partial charge in [-0.3, -0.25) is 4.79 Å². The minimum absolute atomic E-state index is 0.0808. The predicted molar refractivity (Wildman–Crippen MR) is 73.1 cm³/mol. The van der Waals surface area contributed by atoms with Gasteiger partial charge in [0, 0.05) is 37.2 Å². The van der Waals surface area contributed by atoms with Crippen molar-refractivity contribution in [2.24, 2.45) is 5.41 Å². The third-order valence-corrected chi connectivity index (χ3v) is 4.39. The second-order valence-electron chi connectivity index (χ2n) is 5.40. The van der Waals surface area contributed by atoms with E-state index in [1.807, 2.05) is 12.1 Å². The average molecular weight is 276 g/mol. The van der Waals surface area contributed by atoms with Crippen molar-refractivity contribution in [1.82, 2.24) is 5.32 Å². The van der Waals surface area contributed by atoms with Crippen LogP contribution < -0.4 is 10.2 Å². The Morgan fingerprint density at radius 2 is 2.32 bits per heavy atom. The van der Waals surface area contributed by atoms with Gasteiger partial charge in [-0.25, -0.2) is 0 Å². The summed E-state index contributed by atoms with van der Waals surface area (Å²) in [6, 6.07) is 7.57. The SMILES string of the molecule is N#Cc1ccc(N2CCC3(CNC(=O)C3)C2)cc1Cl. The van der Waals surface area contributed by atoms with Crippen molar-refractivity contribution in [3.63, 3.8) is 0 Å². The summed E-state index contributed by atoms with van der Waals surface area (Å²) in [5, 5.41) is 12.3. The van der Waals surface area contributed by atoms with Gasteiger partial charge in [0.25, 0.3) is 0 Å². The molecule has 1 aromatic rings. The van der Waals surface area contributed by atoms with Crippen LogP contribution in [-0.4, -0.2) is 25.5 Å². The van der Waals surface area contributed by atoms with Crippen LogP contribution in [0, 0.1) is 16.7 Å². The van der Waals surface area contributed by atoms with Crippen LogP contribution in [0.4, 0.5) is 5.69 Å². The number of rotatable bonds is 1. The molecule has 2 fully saturated rings. The smallest absolute Gasteiger partial charge is 0.220 e. The summed E-state index contributed by atoms with van der Waals surface area (Å²) < 4.78 is 0. The van der Waals surface area contributed by atoms with E-state index in [4.69, 9.17) is 16.9 Å². The van der Waals surface area contributed by atoms with Crippen LogP contribution in [0.25, 0.3) is 0 Å². The van der Waals surface area contributed by atoms with Crippen LogP contribution in [-0.2, 0) is 4.79 Å². The molecule has 19 heavy (non-hydrogen) atoms. The zero-order valence-corrected chi connectivity index (χ0v) is 11.2. The number of benzene rings is 1. The number of halogens is 1. The largest absolute Gasteiger partial charge is 0.371 e. The topological polar surface area (TPSA) is 56.1 Å². The standard InChI is InChI=1S/C14H14ClN3O/c15-12-5-11(2-1-10(12)7-16)18-4-3-14(9-18)6-13(19)17-8-14/h1-2,5H,3-4,6,8-9H2,(H,17,19). The van der Waals surface area contributed by atoms with Crippen molar-refractivity contribution >= 4 is 23.2 Å². The molecular weight excluding hydrogens is 262 g/mol. The molecule has 1 unspecified atom stereocenters. The zero-order valence-electron chi connectivity index (χ0n) is 10.4. The van der Waals surface area contributed by atoms with Crippen LogP contribution in [0.15, 0.2) is 18.2 Å². The first-order valence-electron chi connectivity index (χ1n) is 6.33. The Balaban J connectivity index is 1.80. The summed E-state index contributed by atoms with van der Waals surface area (Å²) in [6.45, 7) is 2.57. The van der Waals surface area contributed by atoms with E-state index in [2.05, 4.69) is 16.3 Å². The lowest BCUT2D eigenvalue weighted by Gasteiger charge is -2.23. The molecule has 4 nitrogen and oxygen atoms in total. The highest BCUT2D eigenvalue weighted by Gasteiger charge is 2.43. The van der Waals surface area contributed by atoms with Gasteiger partial charge in [-0.05, 0) is 24.6 Å². The summed E-state index contributed by atoms with van der Waals surface area (Å²) in [7, 11) is 0. The fourth-order valence-electron chi connectivity index (χ4n) is 2.99. The number of nitrogens with one attached hydrogen (secondary N) is 1. The third-order valence-electron chi connectivity index (χ3n) is 4.07. The number of anilines is 1. The summed E-state index contributed by atoms with van der Waals surface area (Å²) in [4.78, 5) is 13.6. The Labute approximate surface area is 117 Å². The van der Waals surface area contributed by atoms with Gasteiger partial charge in [-0.15, -0.1) is 0 Å². The first-order chi connectivity index (χ1) is 9.12. The Morgan fingerprint density at radius 1 is 1.47 bits per heavy atom. The van der Waals surface area contributed by atoms with Crippen LogP contribution in [0.1, 0.15) is 18.4 Å². The van der Waals surface area contributed by atoms with E-state index in [1.165, 1.54) is 0 Å². The molecule has 0 aromatic heterocycles. The highest BCUT2D eigenvalue weighted by molar-refractivity contribution is 6.32. The maximum absolute atomic E-state index is 11.4. The van der Waals surface area contributed by atoms with E-state index in [-0.39, 0.29) is 11.3 Å². The summed E-state index contributed by atoms with van der Waals surface area (Å²) >= 11 is 6.07. The molecule has 2 saturated heterocycles. The Hall–Kier alpha value is -1.73. The number of nitriles is 1. The first-order valence-corrected chi connectivity index (χ1v) is 6.71. The van der Waals surface area contributed by atoms with E-state index < -0.39 is 0 Å². The molecule has 1 aromatic carbocycles. The molecule has 3 rings (SSSR count). The normalized spacial score (nSPS) is 25.7. The van der Waals surface area contributed by atoms with E-state index >= 15 is 0 Å². The van der Waals surface area contributed by atoms with E-state index in [0.29, 0.717) is 17.0 Å². The van der Waals surface area contributed by atoms with Gasteiger partial charge >= 0.3 is 0 Å². The van der Waals surface area contributed by atoms with Gasteiger partial charge < -0.3 is 10.2 Å². The average Bonchev–Trinajstić information content (AvgIpc) is 2.97. The van der Waals surface area contributed by atoms with Gasteiger partial charge in [0.15, 0.2) is 0 Å². The van der Waals surface area contributed by atoms with Crippen molar-refractivity contribution in [3.05, 3.63) is 28.8 Å². The molecular formula is C14H14ClN3O. The molecule has 2 aliphatic heterocycles. The molecule has 0 radical (unpaired) electrons. The zero-order chi connectivity index (χ0) is 13.5.